The fourth-order valence-electron chi connectivity index (χ4n) is 2.33. The molecule has 0 bridgehead atoms. The van der Waals surface area contributed by atoms with Crippen LogP contribution in [0.25, 0.3) is 0 Å². The summed E-state index contributed by atoms with van der Waals surface area (Å²) in [4.78, 5) is 11.2. The van der Waals surface area contributed by atoms with Crippen LogP contribution < -0.4 is 5.73 Å². The second-order valence-electron chi connectivity index (χ2n) is 4.49. The lowest BCUT2D eigenvalue weighted by atomic mass is 9.98. The zero-order valence-electron chi connectivity index (χ0n) is 10.3. The zero-order chi connectivity index (χ0) is 12.1. The van der Waals surface area contributed by atoms with Crippen molar-refractivity contribution in [2.24, 2.45) is 11.7 Å². The Morgan fingerprint density at radius 3 is 3.06 bits per heavy atom. The van der Waals surface area contributed by atoms with Gasteiger partial charge in [0.2, 0.25) is 0 Å². The SMILES string of the molecule is CSc1nccnc1CN1CCCC(CN)C1. The van der Waals surface area contributed by atoms with Gasteiger partial charge in [-0.2, -0.15) is 0 Å². The number of nitrogens with two attached hydrogens (primary N) is 1. The molecule has 1 aliphatic heterocycles. The molecule has 2 heterocycles. The molecule has 5 heteroatoms. The molecule has 0 amide bonds. The van der Waals surface area contributed by atoms with Crippen LogP contribution in [0, 0.1) is 5.92 Å². The maximum absolute atomic E-state index is 5.76. The van der Waals surface area contributed by atoms with Crippen molar-refractivity contribution in [2.75, 3.05) is 25.9 Å². The van der Waals surface area contributed by atoms with Crippen LogP contribution >= 0.6 is 11.8 Å². The smallest absolute Gasteiger partial charge is 0.119 e. The quantitative estimate of drug-likeness (QED) is 0.820. The second-order valence-corrected chi connectivity index (χ2v) is 5.29. The molecule has 2 rings (SSSR count). The van der Waals surface area contributed by atoms with E-state index in [1.54, 1.807) is 24.2 Å². The molecule has 0 aromatic carbocycles. The van der Waals surface area contributed by atoms with Gasteiger partial charge in [0.15, 0.2) is 0 Å². The van der Waals surface area contributed by atoms with Crippen molar-refractivity contribution >= 4 is 11.8 Å². The lowest BCUT2D eigenvalue weighted by molar-refractivity contribution is 0.168. The van der Waals surface area contributed by atoms with E-state index < -0.39 is 0 Å². The number of hydrogen-bond donors (Lipinski definition) is 1. The van der Waals surface area contributed by atoms with Gasteiger partial charge in [-0.15, -0.1) is 11.8 Å². The van der Waals surface area contributed by atoms with Gasteiger partial charge in [-0.25, -0.2) is 4.98 Å². The highest BCUT2D eigenvalue weighted by Crippen LogP contribution is 2.20. The van der Waals surface area contributed by atoms with Gasteiger partial charge >= 0.3 is 0 Å². The Morgan fingerprint density at radius 2 is 2.29 bits per heavy atom. The van der Waals surface area contributed by atoms with Gasteiger partial charge in [0.1, 0.15) is 5.03 Å². The van der Waals surface area contributed by atoms with Gasteiger partial charge in [0.05, 0.1) is 5.69 Å². The maximum Gasteiger partial charge on any atom is 0.119 e. The molecular formula is C12H20N4S. The first kappa shape index (κ1) is 12.8. The first-order valence-electron chi connectivity index (χ1n) is 6.09. The third kappa shape index (κ3) is 3.40. The van der Waals surface area contributed by atoms with Gasteiger partial charge in [0.25, 0.3) is 0 Å². The molecule has 0 aliphatic carbocycles. The molecule has 1 aliphatic rings. The number of piperidine rings is 1. The van der Waals surface area contributed by atoms with Crippen molar-refractivity contribution in [2.45, 2.75) is 24.4 Å². The van der Waals surface area contributed by atoms with Gasteiger partial charge in [-0.3, -0.25) is 9.88 Å². The van der Waals surface area contributed by atoms with E-state index in [0.717, 1.165) is 36.9 Å². The predicted octanol–water partition coefficient (Wildman–Crippen LogP) is 1.37. The fraction of sp³-hybridized carbons (Fsp3) is 0.667. The Hall–Kier alpha value is -0.650. The number of nitrogens with zero attached hydrogens (tertiary/aromatic N) is 3. The lowest BCUT2D eigenvalue weighted by Crippen LogP contribution is -2.38. The minimum absolute atomic E-state index is 0.651. The third-order valence-corrected chi connectivity index (χ3v) is 3.97. The average molecular weight is 252 g/mol. The normalized spacial score (nSPS) is 21.6. The zero-order valence-corrected chi connectivity index (χ0v) is 11.1. The lowest BCUT2D eigenvalue weighted by Gasteiger charge is -2.31. The van der Waals surface area contributed by atoms with Crippen LogP contribution in [0.4, 0.5) is 0 Å². The van der Waals surface area contributed by atoms with E-state index >= 15 is 0 Å². The highest BCUT2D eigenvalue weighted by Gasteiger charge is 2.20. The molecule has 4 nitrogen and oxygen atoms in total. The summed E-state index contributed by atoms with van der Waals surface area (Å²) >= 11 is 1.67. The van der Waals surface area contributed by atoms with E-state index in [0.29, 0.717) is 5.92 Å². The van der Waals surface area contributed by atoms with Crippen molar-refractivity contribution in [3.63, 3.8) is 0 Å². The molecule has 1 saturated heterocycles. The summed E-state index contributed by atoms with van der Waals surface area (Å²) in [5, 5.41) is 1.04. The van der Waals surface area contributed by atoms with Crippen molar-refractivity contribution < 1.29 is 0 Å². The van der Waals surface area contributed by atoms with Crippen LogP contribution in [-0.2, 0) is 6.54 Å². The largest absolute Gasteiger partial charge is 0.330 e. The van der Waals surface area contributed by atoms with Crippen LogP contribution in [0.3, 0.4) is 0 Å². The summed E-state index contributed by atoms with van der Waals surface area (Å²) in [6, 6.07) is 0. The summed E-state index contributed by atoms with van der Waals surface area (Å²) < 4.78 is 0. The number of hydrogen-bond acceptors (Lipinski definition) is 5. The van der Waals surface area contributed by atoms with Gasteiger partial charge in [-0.1, -0.05) is 0 Å². The molecule has 1 fully saturated rings. The van der Waals surface area contributed by atoms with Crippen molar-refractivity contribution in [1.29, 1.82) is 0 Å². The molecule has 2 N–H and O–H groups in total. The summed E-state index contributed by atoms with van der Waals surface area (Å²) in [5.74, 6) is 0.651. The van der Waals surface area contributed by atoms with E-state index in [1.165, 1.54) is 12.8 Å². The molecule has 0 saturated carbocycles. The van der Waals surface area contributed by atoms with Crippen LogP contribution in [0.5, 0.6) is 0 Å². The fourth-order valence-corrected chi connectivity index (χ4v) is 2.85. The molecule has 1 atom stereocenters. The number of likely N-dealkylation sites (tertiary alicyclic amines) is 1. The molecule has 17 heavy (non-hydrogen) atoms. The Kier molecular flexibility index (Phi) is 4.76. The Morgan fingerprint density at radius 1 is 1.47 bits per heavy atom. The Balaban J connectivity index is 2.00. The summed E-state index contributed by atoms with van der Waals surface area (Å²) in [6.07, 6.45) is 8.10. The first-order chi connectivity index (χ1) is 8.33. The van der Waals surface area contributed by atoms with Crippen LogP contribution in [0.1, 0.15) is 18.5 Å². The molecule has 1 unspecified atom stereocenters. The highest BCUT2D eigenvalue weighted by molar-refractivity contribution is 7.98. The van der Waals surface area contributed by atoms with Crippen LogP contribution in [0.15, 0.2) is 17.4 Å². The van der Waals surface area contributed by atoms with Gasteiger partial charge < -0.3 is 5.73 Å². The van der Waals surface area contributed by atoms with Gasteiger partial charge in [-0.05, 0) is 38.1 Å². The van der Waals surface area contributed by atoms with E-state index in [9.17, 15) is 0 Å². The number of thioether (sulfide) groups is 1. The summed E-state index contributed by atoms with van der Waals surface area (Å²) in [7, 11) is 0. The summed E-state index contributed by atoms with van der Waals surface area (Å²) in [5.41, 5.74) is 6.85. The van der Waals surface area contributed by atoms with Crippen molar-refractivity contribution in [1.82, 2.24) is 14.9 Å². The van der Waals surface area contributed by atoms with E-state index in [-0.39, 0.29) is 0 Å². The van der Waals surface area contributed by atoms with E-state index in [4.69, 9.17) is 5.73 Å². The summed E-state index contributed by atoms with van der Waals surface area (Å²) in [6.45, 7) is 3.95. The van der Waals surface area contributed by atoms with E-state index in [1.807, 2.05) is 6.26 Å². The number of rotatable bonds is 4. The minimum atomic E-state index is 0.651. The molecule has 94 valence electrons. The predicted molar refractivity (Wildman–Crippen MR) is 70.9 cm³/mol. The standard InChI is InChI=1S/C12H20N4S/c1-17-12-11(14-4-5-15-12)9-16-6-2-3-10(7-13)8-16/h4-5,10H,2-3,6-9,13H2,1H3. The number of aromatic nitrogens is 2. The molecule has 1 aromatic rings. The van der Waals surface area contributed by atoms with Crippen LogP contribution in [0.2, 0.25) is 0 Å². The Bertz CT molecular complexity index is 358. The average Bonchev–Trinajstić information content (AvgIpc) is 2.39. The maximum atomic E-state index is 5.76. The Labute approximate surface area is 107 Å². The topological polar surface area (TPSA) is 55.0 Å². The van der Waals surface area contributed by atoms with Crippen LogP contribution in [-0.4, -0.2) is 40.8 Å². The second kappa shape index (κ2) is 6.33. The monoisotopic (exact) mass is 252 g/mol. The molecular weight excluding hydrogens is 232 g/mol. The third-order valence-electron chi connectivity index (χ3n) is 3.24. The minimum Gasteiger partial charge on any atom is -0.330 e. The van der Waals surface area contributed by atoms with Crippen molar-refractivity contribution in [3.8, 4) is 0 Å². The van der Waals surface area contributed by atoms with Crippen molar-refractivity contribution in [3.05, 3.63) is 18.1 Å². The molecule has 0 spiro atoms. The highest BCUT2D eigenvalue weighted by atomic mass is 32.2. The van der Waals surface area contributed by atoms with Gasteiger partial charge in [0, 0.05) is 25.5 Å². The molecule has 1 aromatic heterocycles. The van der Waals surface area contributed by atoms with E-state index in [2.05, 4.69) is 14.9 Å². The first-order valence-corrected chi connectivity index (χ1v) is 7.32. The molecule has 0 radical (unpaired) electrons.